The van der Waals surface area contributed by atoms with E-state index >= 15 is 0 Å². The summed E-state index contributed by atoms with van der Waals surface area (Å²) in [4.78, 5) is 27.4. The molecule has 0 fully saturated rings. The highest BCUT2D eigenvalue weighted by Crippen LogP contribution is 2.06. The molecule has 5 nitrogen and oxygen atoms in total. The number of nitrogens with one attached hydrogen (secondary N) is 1. The highest BCUT2D eigenvalue weighted by Gasteiger charge is 2.13. The van der Waals surface area contributed by atoms with Crippen molar-refractivity contribution in [2.45, 2.75) is 0 Å². The summed E-state index contributed by atoms with van der Waals surface area (Å²) in [5.74, 6) is -0.330. The van der Waals surface area contributed by atoms with E-state index in [4.69, 9.17) is 11.6 Å². The van der Waals surface area contributed by atoms with Crippen molar-refractivity contribution in [2.75, 3.05) is 17.8 Å². The Labute approximate surface area is 92.0 Å². The lowest BCUT2D eigenvalue weighted by Crippen LogP contribution is -2.41. The van der Waals surface area contributed by atoms with E-state index in [1.807, 2.05) is 0 Å². The molecule has 0 aliphatic carbocycles. The van der Waals surface area contributed by atoms with Gasteiger partial charge in [-0.25, -0.2) is 9.78 Å². The third-order valence-electron chi connectivity index (χ3n) is 1.67. The number of carbonyl (C=O) groups is 2. The fourth-order valence-corrected chi connectivity index (χ4v) is 0.960. The number of amides is 3. The van der Waals surface area contributed by atoms with E-state index in [1.54, 1.807) is 24.4 Å². The summed E-state index contributed by atoms with van der Waals surface area (Å²) in [6.45, 7) is 0. The van der Waals surface area contributed by atoms with Crippen LogP contribution < -0.4 is 10.2 Å². The van der Waals surface area contributed by atoms with Crippen LogP contribution in [-0.2, 0) is 4.79 Å². The monoisotopic (exact) mass is 227 g/mol. The van der Waals surface area contributed by atoms with Crippen LogP contribution >= 0.6 is 11.6 Å². The lowest BCUT2D eigenvalue weighted by molar-refractivity contribution is -0.117. The number of hydrogen-bond donors (Lipinski definition) is 1. The number of halogens is 1. The molecule has 0 spiro atoms. The molecule has 1 rings (SSSR count). The molecule has 1 N–H and O–H groups in total. The van der Waals surface area contributed by atoms with Gasteiger partial charge in [-0.1, -0.05) is 6.07 Å². The SMILES string of the molecule is CN(C(=O)NC(=O)CCl)c1ccccn1. The fraction of sp³-hybridized carbons (Fsp3) is 0.222. The maximum Gasteiger partial charge on any atom is 0.329 e. The van der Waals surface area contributed by atoms with Crippen molar-refractivity contribution < 1.29 is 9.59 Å². The minimum atomic E-state index is -0.556. The molecular formula is C9H10ClN3O2. The summed E-state index contributed by atoms with van der Waals surface area (Å²) in [6, 6.07) is 4.58. The topological polar surface area (TPSA) is 62.3 Å². The van der Waals surface area contributed by atoms with Gasteiger partial charge in [0.15, 0.2) is 0 Å². The van der Waals surface area contributed by atoms with Gasteiger partial charge in [-0.3, -0.25) is 15.0 Å². The average molecular weight is 228 g/mol. The Morgan fingerprint density at radius 1 is 1.53 bits per heavy atom. The third-order valence-corrected chi connectivity index (χ3v) is 1.91. The molecule has 0 aromatic carbocycles. The Kier molecular flexibility index (Phi) is 4.05. The maximum atomic E-state index is 11.4. The van der Waals surface area contributed by atoms with E-state index in [9.17, 15) is 9.59 Å². The Bertz CT molecular complexity index is 356. The lowest BCUT2D eigenvalue weighted by atomic mass is 10.4. The summed E-state index contributed by atoms with van der Waals surface area (Å²) in [5.41, 5.74) is 0. The van der Waals surface area contributed by atoms with Crippen molar-refractivity contribution >= 4 is 29.4 Å². The van der Waals surface area contributed by atoms with Crippen LogP contribution in [0.1, 0.15) is 0 Å². The molecule has 0 radical (unpaired) electrons. The van der Waals surface area contributed by atoms with Gasteiger partial charge in [0.2, 0.25) is 5.91 Å². The first kappa shape index (κ1) is 11.5. The van der Waals surface area contributed by atoms with Crippen molar-refractivity contribution in [3.63, 3.8) is 0 Å². The number of alkyl halides is 1. The zero-order valence-corrected chi connectivity index (χ0v) is 8.86. The molecule has 1 aromatic heterocycles. The van der Waals surface area contributed by atoms with Crippen LogP contribution in [0, 0.1) is 0 Å². The van der Waals surface area contributed by atoms with E-state index in [2.05, 4.69) is 10.3 Å². The lowest BCUT2D eigenvalue weighted by Gasteiger charge is -2.15. The van der Waals surface area contributed by atoms with Crippen molar-refractivity contribution in [1.29, 1.82) is 0 Å². The van der Waals surface area contributed by atoms with Crippen molar-refractivity contribution in [3.05, 3.63) is 24.4 Å². The van der Waals surface area contributed by atoms with Crippen LogP contribution in [0.2, 0.25) is 0 Å². The van der Waals surface area contributed by atoms with Crippen LogP contribution in [0.15, 0.2) is 24.4 Å². The maximum absolute atomic E-state index is 11.4. The highest BCUT2D eigenvalue weighted by atomic mass is 35.5. The molecule has 0 aliphatic rings. The first-order chi connectivity index (χ1) is 7.15. The highest BCUT2D eigenvalue weighted by molar-refractivity contribution is 6.28. The standard InChI is InChI=1S/C9H10ClN3O2/c1-13(7-4-2-3-5-11-7)9(15)12-8(14)6-10/h2-5H,6H2,1H3,(H,12,14,15). The van der Waals surface area contributed by atoms with Gasteiger partial charge >= 0.3 is 6.03 Å². The molecular weight excluding hydrogens is 218 g/mol. The second kappa shape index (κ2) is 5.31. The number of urea groups is 1. The van der Waals surface area contributed by atoms with Crippen molar-refractivity contribution in [2.24, 2.45) is 0 Å². The molecule has 3 amide bonds. The van der Waals surface area contributed by atoms with Gasteiger partial charge in [-0.05, 0) is 12.1 Å². The van der Waals surface area contributed by atoms with Crippen LogP contribution in [0.5, 0.6) is 0 Å². The Balaban J connectivity index is 2.65. The number of aromatic nitrogens is 1. The number of carbonyl (C=O) groups excluding carboxylic acids is 2. The van der Waals surface area contributed by atoms with E-state index in [-0.39, 0.29) is 5.88 Å². The molecule has 15 heavy (non-hydrogen) atoms. The summed E-state index contributed by atoms with van der Waals surface area (Å²) in [7, 11) is 1.51. The molecule has 0 unspecified atom stereocenters. The first-order valence-electron chi connectivity index (χ1n) is 4.19. The number of pyridine rings is 1. The Hall–Kier alpha value is -1.62. The quantitative estimate of drug-likeness (QED) is 0.767. The van der Waals surface area contributed by atoms with Gasteiger partial charge in [0, 0.05) is 13.2 Å². The summed E-state index contributed by atoms with van der Waals surface area (Å²) in [6.07, 6.45) is 1.56. The minimum Gasteiger partial charge on any atom is -0.281 e. The predicted octanol–water partition coefficient (Wildman–Crippen LogP) is 0.993. The van der Waals surface area contributed by atoms with E-state index in [0.29, 0.717) is 5.82 Å². The molecule has 0 atom stereocenters. The van der Waals surface area contributed by atoms with E-state index in [0.717, 1.165) is 0 Å². The molecule has 0 saturated heterocycles. The molecule has 80 valence electrons. The van der Waals surface area contributed by atoms with Gasteiger partial charge < -0.3 is 0 Å². The number of imide groups is 1. The molecule has 6 heteroatoms. The Morgan fingerprint density at radius 3 is 2.80 bits per heavy atom. The third kappa shape index (κ3) is 3.21. The van der Waals surface area contributed by atoms with Crippen LogP contribution in [0.25, 0.3) is 0 Å². The molecule has 1 heterocycles. The number of hydrogen-bond acceptors (Lipinski definition) is 3. The zero-order chi connectivity index (χ0) is 11.3. The minimum absolute atomic E-state index is 0.248. The van der Waals surface area contributed by atoms with E-state index < -0.39 is 11.9 Å². The average Bonchev–Trinajstić information content (AvgIpc) is 2.29. The first-order valence-corrected chi connectivity index (χ1v) is 4.73. The summed E-state index contributed by atoms with van der Waals surface area (Å²) >= 11 is 5.25. The van der Waals surface area contributed by atoms with Crippen molar-refractivity contribution in [1.82, 2.24) is 10.3 Å². The normalized spacial score (nSPS) is 9.47. The van der Waals surface area contributed by atoms with E-state index in [1.165, 1.54) is 11.9 Å². The van der Waals surface area contributed by atoms with Gasteiger partial charge in [0.05, 0.1) is 0 Å². The largest absolute Gasteiger partial charge is 0.329 e. The molecule has 0 aliphatic heterocycles. The predicted molar refractivity (Wildman–Crippen MR) is 56.9 cm³/mol. The zero-order valence-electron chi connectivity index (χ0n) is 8.11. The van der Waals surface area contributed by atoms with Crippen LogP contribution in [0.4, 0.5) is 10.6 Å². The second-order valence-electron chi connectivity index (χ2n) is 2.73. The van der Waals surface area contributed by atoms with Gasteiger partial charge in [0.25, 0.3) is 0 Å². The number of nitrogens with zero attached hydrogens (tertiary/aromatic N) is 2. The van der Waals surface area contributed by atoms with Crippen molar-refractivity contribution in [3.8, 4) is 0 Å². The summed E-state index contributed by atoms with van der Waals surface area (Å²) < 4.78 is 0. The van der Waals surface area contributed by atoms with Crippen LogP contribution in [0.3, 0.4) is 0 Å². The number of rotatable bonds is 2. The molecule has 1 aromatic rings. The molecule has 0 bridgehead atoms. The van der Waals surface area contributed by atoms with Gasteiger partial charge in [0.1, 0.15) is 11.7 Å². The Morgan fingerprint density at radius 2 is 2.27 bits per heavy atom. The second-order valence-corrected chi connectivity index (χ2v) is 3.00. The van der Waals surface area contributed by atoms with Crippen LogP contribution in [-0.4, -0.2) is 29.8 Å². The smallest absolute Gasteiger partial charge is 0.281 e. The number of anilines is 1. The van der Waals surface area contributed by atoms with Gasteiger partial charge in [-0.2, -0.15) is 0 Å². The fourth-order valence-electron chi connectivity index (χ4n) is 0.893. The van der Waals surface area contributed by atoms with Gasteiger partial charge in [-0.15, -0.1) is 11.6 Å². The summed E-state index contributed by atoms with van der Waals surface area (Å²) in [5, 5.41) is 2.10. The molecule has 0 saturated carbocycles.